The number of ether oxygens (including phenoxy) is 4. The van der Waals surface area contributed by atoms with Crippen molar-refractivity contribution in [2.24, 2.45) is 0 Å². The van der Waals surface area contributed by atoms with E-state index in [0.717, 1.165) is 154 Å². The van der Waals surface area contributed by atoms with Crippen molar-refractivity contribution in [2.75, 3.05) is 39.6 Å². The number of hydrogen-bond acceptors (Lipinski definition) is 15. The van der Waals surface area contributed by atoms with E-state index in [-0.39, 0.29) is 25.7 Å². The minimum atomic E-state index is -4.98. The maximum absolute atomic E-state index is 13.1. The van der Waals surface area contributed by atoms with Gasteiger partial charge in [0.25, 0.3) is 0 Å². The predicted octanol–water partition coefficient (Wildman–Crippen LogP) is 22.2. The molecule has 0 rings (SSSR count). The fourth-order valence-electron chi connectivity index (χ4n) is 10.4. The van der Waals surface area contributed by atoms with E-state index < -0.39 is 97.5 Å². The third-order valence-corrected chi connectivity index (χ3v) is 18.3. The second-order valence-electron chi connectivity index (χ2n) is 26.0. The number of rotatable bonds is 73. The number of allylic oxidation sites excluding steroid dienone is 14. The molecule has 0 aliphatic rings. The van der Waals surface area contributed by atoms with Crippen molar-refractivity contribution >= 4 is 39.5 Å². The summed E-state index contributed by atoms with van der Waals surface area (Å²) in [5.74, 6) is -2.22. The van der Waals surface area contributed by atoms with Crippen molar-refractivity contribution in [3.8, 4) is 0 Å². The van der Waals surface area contributed by atoms with E-state index in [2.05, 4.69) is 113 Å². The van der Waals surface area contributed by atoms with Crippen molar-refractivity contribution in [2.45, 2.75) is 354 Å². The number of phosphoric acid groups is 2. The fourth-order valence-corrected chi connectivity index (χ4v) is 11.9. The number of carbonyl (C=O) groups excluding carboxylic acids is 4. The molecule has 17 nitrogen and oxygen atoms in total. The van der Waals surface area contributed by atoms with Gasteiger partial charge >= 0.3 is 39.5 Å². The zero-order valence-corrected chi connectivity index (χ0v) is 63.7. The van der Waals surface area contributed by atoms with Crippen molar-refractivity contribution in [3.63, 3.8) is 0 Å². The van der Waals surface area contributed by atoms with E-state index in [1.54, 1.807) is 0 Å². The van der Waals surface area contributed by atoms with Gasteiger partial charge in [0, 0.05) is 25.7 Å². The largest absolute Gasteiger partial charge is 0.472 e. The Kier molecular flexibility index (Phi) is 68.9. The lowest BCUT2D eigenvalue weighted by atomic mass is 10.1. The van der Waals surface area contributed by atoms with Crippen LogP contribution in [-0.4, -0.2) is 96.7 Å². The summed E-state index contributed by atoms with van der Waals surface area (Å²) in [6, 6.07) is 0. The first-order valence-corrected chi connectivity index (χ1v) is 41.9. The number of aliphatic hydroxyl groups excluding tert-OH is 1. The lowest BCUT2D eigenvalue weighted by molar-refractivity contribution is -0.161. The molecule has 0 saturated heterocycles. The van der Waals surface area contributed by atoms with Crippen LogP contribution in [0.4, 0.5) is 0 Å². The van der Waals surface area contributed by atoms with Crippen molar-refractivity contribution in [1.82, 2.24) is 0 Å². The highest BCUT2D eigenvalue weighted by molar-refractivity contribution is 7.47. The van der Waals surface area contributed by atoms with Gasteiger partial charge in [0.05, 0.1) is 26.4 Å². The van der Waals surface area contributed by atoms with E-state index in [0.29, 0.717) is 25.7 Å². The minimum Gasteiger partial charge on any atom is -0.462 e. The topological polar surface area (TPSA) is 237 Å². The quantitative estimate of drug-likeness (QED) is 0.0128. The van der Waals surface area contributed by atoms with E-state index in [9.17, 15) is 43.2 Å². The highest BCUT2D eigenvalue weighted by Crippen LogP contribution is 2.45. The van der Waals surface area contributed by atoms with Gasteiger partial charge in [0.1, 0.15) is 19.3 Å². The average Bonchev–Trinajstić information content (AvgIpc) is 1.04. The summed E-state index contributed by atoms with van der Waals surface area (Å²) in [6.45, 7) is 4.77. The van der Waals surface area contributed by atoms with Crippen LogP contribution in [0.3, 0.4) is 0 Å². The Hall–Kier alpha value is -3.76. The summed E-state index contributed by atoms with van der Waals surface area (Å²) in [4.78, 5) is 72.9. The standard InChI is InChI=1S/C79H140O17P2/c1-5-9-13-17-21-25-29-33-36-40-44-48-52-56-60-64-77(82)90-70-75(96-79(84)66-62-58-54-50-46-42-38-35-31-27-23-19-15-11-7-3)72-94-98(87,88)92-68-73(80)67-91-97(85,86)93-71-74(69-89-76(81)63-59-55-51-47-43-39-32-28-24-20-16-12-8-4)95-78(83)65-61-57-53-49-45-41-37-34-30-26-22-18-14-10-6-2/h25-38,73-75,80H,5-24,39-72H2,1-4H3,(H,85,86)(H,87,88)/b29-25-,30-26-,31-27-,32-28-,36-33-,37-34-,38-35-/t73-,74-,75-/m1/s1. The van der Waals surface area contributed by atoms with Crippen molar-refractivity contribution < 1.29 is 80.2 Å². The number of phosphoric ester groups is 2. The molecule has 2 unspecified atom stereocenters. The second-order valence-corrected chi connectivity index (χ2v) is 28.9. The van der Waals surface area contributed by atoms with Crippen LogP contribution in [0.2, 0.25) is 0 Å². The van der Waals surface area contributed by atoms with Gasteiger partial charge in [-0.2, -0.15) is 0 Å². The van der Waals surface area contributed by atoms with Gasteiger partial charge in [-0.25, -0.2) is 9.13 Å². The summed E-state index contributed by atoms with van der Waals surface area (Å²) in [7, 11) is -9.96. The number of hydrogen-bond donors (Lipinski definition) is 3. The van der Waals surface area contributed by atoms with Gasteiger partial charge in [-0.1, -0.05) is 267 Å². The predicted molar refractivity (Wildman–Crippen MR) is 399 cm³/mol. The number of esters is 4. The molecule has 0 aliphatic carbocycles. The van der Waals surface area contributed by atoms with Gasteiger partial charge < -0.3 is 33.8 Å². The molecule has 0 aromatic carbocycles. The van der Waals surface area contributed by atoms with Gasteiger partial charge in [0.2, 0.25) is 0 Å². The molecule has 19 heteroatoms. The molecule has 0 radical (unpaired) electrons. The summed E-state index contributed by atoms with van der Waals surface area (Å²) < 4.78 is 68.5. The first-order valence-electron chi connectivity index (χ1n) is 38.9. The third-order valence-electron chi connectivity index (χ3n) is 16.4. The maximum Gasteiger partial charge on any atom is 0.472 e. The van der Waals surface area contributed by atoms with Gasteiger partial charge in [-0.3, -0.25) is 37.3 Å². The Bertz CT molecular complexity index is 2190. The van der Waals surface area contributed by atoms with E-state index in [1.807, 2.05) is 0 Å². The maximum atomic E-state index is 13.1. The summed E-state index contributed by atoms with van der Waals surface area (Å²) in [5, 5.41) is 10.6. The van der Waals surface area contributed by atoms with Crippen molar-refractivity contribution in [1.29, 1.82) is 0 Å². The molecule has 0 heterocycles. The first-order chi connectivity index (χ1) is 47.7. The number of carbonyl (C=O) groups is 4. The molecule has 0 saturated carbocycles. The fraction of sp³-hybridized carbons (Fsp3) is 0.772. The Balaban J connectivity index is 5.39. The molecular weight excluding hydrogens is 1280 g/mol. The Morgan fingerprint density at radius 1 is 0.286 bits per heavy atom. The minimum absolute atomic E-state index is 0.0747. The van der Waals surface area contributed by atoms with Crippen LogP contribution in [0.25, 0.3) is 0 Å². The normalized spacial score (nSPS) is 14.4. The van der Waals surface area contributed by atoms with E-state index in [1.165, 1.54) is 103 Å². The van der Waals surface area contributed by atoms with Crippen LogP contribution < -0.4 is 0 Å². The van der Waals surface area contributed by atoms with E-state index >= 15 is 0 Å². The van der Waals surface area contributed by atoms with Crippen LogP contribution in [0.15, 0.2) is 85.1 Å². The molecule has 568 valence electrons. The van der Waals surface area contributed by atoms with Gasteiger partial charge in [-0.15, -0.1) is 0 Å². The molecule has 0 fully saturated rings. The molecule has 0 spiro atoms. The lowest BCUT2D eigenvalue weighted by Gasteiger charge is -2.21. The number of unbranched alkanes of at least 4 members (excludes halogenated alkanes) is 36. The molecule has 0 aliphatic heterocycles. The summed E-state index contributed by atoms with van der Waals surface area (Å²) in [5.41, 5.74) is 0. The van der Waals surface area contributed by atoms with Crippen LogP contribution in [-0.2, 0) is 65.4 Å². The highest BCUT2D eigenvalue weighted by atomic mass is 31.2. The zero-order chi connectivity index (χ0) is 71.8. The third kappa shape index (κ3) is 70.7. The van der Waals surface area contributed by atoms with Crippen LogP contribution in [0.1, 0.15) is 336 Å². The van der Waals surface area contributed by atoms with Crippen molar-refractivity contribution in [3.05, 3.63) is 85.1 Å². The SMILES string of the molecule is CCCCCC/C=C\C=C/CCCCCCCC(=O)OC[C@H](COP(=O)(O)OC[C@H](O)COP(=O)(O)OC[C@@H](COC(=O)CCCCCCC/C=C\CCCCCC)OC(=O)CCCCCCC/C=C\C=C/CCCCCC)OC(=O)CCCCCCC/C=C\C=C/CCCCCC. The molecular formula is C79H140O17P2. The second kappa shape index (κ2) is 71.6. The number of aliphatic hydroxyl groups is 1. The Morgan fingerprint density at radius 2 is 0.500 bits per heavy atom. The smallest absolute Gasteiger partial charge is 0.462 e. The zero-order valence-electron chi connectivity index (χ0n) is 62.0. The molecule has 3 N–H and O–H groups in total. The van der Waals surface area contributed by atoms with Crippen LogP contribution >= 0.6 is 15.6 Å². The average molecular weight is 1420 g/mol. The molecule has 0 aromatic heterocycles. The highest BCUT2D eigenvalue weighted by Gasteiger charge is 2.30. The lowest BCUT2D eigenvalue weighted by Crippen LogP contribution is -2.30. The Morgan fingerprint density at radius 3 is 0.765 bits per heavy atom. The molecule has 98 heavy (non-hydrogen) atoms. The monoisotopic (exact) mass is 1420 g/mol. The van der Waals surface area contributed by atoms with Gasteiger partial charge in [0.15, 0.2) is 12.2 Å². The molecule has 5 atom stereocenters. The van der Waals surface area contributed by atoms with Crippen LogP contribution in [0.5, 0.6) is 0 Å². The van der Waals surface area contributed by atoms with Gasteiger partial charge in [-0.05, 0) is 128 Å². The van der Waals surface area contributed by atoms with Crippen LogP contribution in [0, 0.1) is 0 Å². The molecule has 0 bridgehead atoms. The summed E-state index contributed by atoms with van der Waals surface area (Å²) in [6.07, 6.45) is 72.7. The Labute approximate surface area is 595 Å². The summed E-state index contributed by atoms with van der Waals surface area (Å²) >= 11 is 0. The first kappa shape index (κ1) is 94.2. The van der Waals surface area contributed by atoms with E-state index in [4.69, 9.17) is 37.0 Å². The molecule has 0 amide bonds. The molecule has 0 aromatic rings.